The number of hydrogen-bond acceptors (Lipinski definition) is 1. The van der Waals surface area contributed by atoms with Gasteiger partial charge in [-0.25, -0.2) is 0 Å². The van der Waals surface area contributed by atoms with Crippen molar-refractivity contribution in [1.29, 1.82) is 0 Å². The minimum atomic E-state index is 1.04. The molecule has 0 nitrogen and oxygen atoms in total. The normalized spacial score (nSPS) is 35.2. The molecule has 0 saturated carbocycles. The summed E-state index contributed by atoms with van der Waals surface area (Å²) in [5.74, 6) is 0. The van der Waals surface area contributed by atoms with E-state index in [2.05, 4.69) is 25.6 Å². The second-order valence-corrected chi connectivity index (χ2v) is 3.89. The Bertz CT molecular complexity index is 70.8. The van der Waals surface area contributed by atoms with Gasteiger partial charge in [-0.15, -0.1) is 0 Å². The smallest absolute Gasteiger partial charge is 0.0169 e. The Balaban J connectivity index is 1.99. The van der Waals surface area contributed by atoms with Gasteiger partial charge in [-0.05, 0) is 12.8 Å². The third-order valence-electron chi connectivity index (χ3n) is 1.66. The third kappa shape index (κ3) is 1.41. The fourth-order valence-electron chi connectivity index (χ4n) is 1.08. The molecule has 0 unspecified atom stereocenters. The average Bonchev–Trinajstić information content (AvgIpc) is 2.48. The van der Waals surface area contributed by atoms with Gasteiger partial charge in [-0.2, -0.15) is 11.8 Å². The molecule has 0 aliphatic carbocycles. The minimum absolute atomic E-state index is 1.04. The highest BCUT2D eigenvalue weighted by atomic mass is 32.2. The van der Waals surface area contributed by atoms with Crippen molar-refractivity contribution < 1.29 is 0 Å². The summed E-state index contributed by atoms with van der Waals surface area (Å²) >= 11 is 2.16. The van der Waals surface area contributed by atoms with Gasteiger partial charge >= 0.3 is 0 Å². The molecular formula is C7H14S. The topological polar surface area (TPSA) is 0 Å². The number of thioether (sulfide) groups is 1. The lowest BCUT2D eigenvalue weighted by Gasteiger charge is -1.87. The van der Waals surface area contributed by atoms with Crippen molar-refractivity contribution >= 4 is 11.8 Å². The summed E-state index contributed by atoms with van der Waals surface area (Å²) in [5, 5.41) is 2.08. The van der Waals surface area contributed by atoms with Crippen molar-refractivity contribution in [3.63, 3.8) is 0 Å². The van der Waals surface area contributed by atoms with E-state index < -0.39 is 0 Å². The Kier molecular flexibility index (Phi) is 2.24. The van der Waals surface area contributed by atoms with Crippen LogP contribution < -0.4 is 0 Å². The monoisotopic (exact) mass is 130 g/mol. The Labute approximate surface area is 56.0 Å². The molecule has 1 fully saturated rings. The molecule has 1 rings (SSSR count). The number of rotatable bonds is 3. The second-order valence-electron chi connectivity index (χ2n) is 2.41. The van der Waals surface area contributed by atoms with Gasteiger partial charge < -0.3 is 0 Å². The standard InChI is InChI=1S/C7H14S/c1-3-5-7-6(4-2)8-7/h6-7H,3-5H2,1-2H3/t6-,7+/m0/s1. The zero-order valence-electron chi connectivity index (χ0n) is 5.68. The average molecular weight is 130 g/mol. The minimum Gasteiger partial charge on any atom is -0.153 e. The molecule has 0 radical (unpaired) electrons. The molecule has 1 aliphatic rings. The molecule has 8 heavy (non-hydrogen) atoms. The highest BCUT2D eigenvalue weighted by Gasteiger charge is 2.34. The molecule has 1 aliphatic heterocycles. The lowest BCUT2D eigenvalue weighted by molar-refractivity contribution is 0.750. The fraction of sp³-hybridized carbons (Fsp3) is 1.00. The highest BCUT2D eigenvalue weighted by molar-refractivity contribution is 8.07. The molecule has 0 aromatic carbocycles. The van der Waals surface area contributed by atoms with E-state index in [1.54, 1.807) is 0 Å². The Morgan fingerprint density at radius 3 is 2.38 bits per heavy atom. The Hall–Kier alpha value is 0.350. The van der Waals surface area contributed by atoms with Crippen molar-refractivity contribution in [3.8, 4) is 0 Å². The molecule has 0 aromatic rings. The fourth-order valence-corrected chi connectivity index (χ4v) is 2.33. The summed E-state index contributed by atoms with van der Waals surface area (Å²) < 4.78 is 0. The van der Waals surface area contributed by atoms with E-state index >= 15 is 0 Å². The van der Waals surface area contributed by atoms with E-state index in [9.17, 15) is 0 Å². The largest absolute Gasteiger partial charge is 0.153 e. The molecule has 1 heterocycles. The van der Waals surface area contributed by atoms with Crippen molar-refractivity contribution in [2.45, 2.75) is 43.6 Å². The molecule has 0 N–H and O–H groups in total. The van der Waals surface area contributed by atoms with Crippen molar-refractivity contribution in [1.82, 2.24) is 0 Å². The summed E-state index contributed by atoms with van der Waals surface area (Å²) in [6, 6.07) is 0. The Morgan fingerprint density at radius 2 is 2.00 bits per heavy atom. The molecule has 0 bridgehead atoms. The number of hydrogen-bond donors (Lipinski definition) is 0. The van der Waals surface area contributed by atoms with Crippen LogP contribution >= 0.6 is 11.8 Å². The summed E-state index contributed by atoms with van der Waals surface area (Å²) in [7, 11) is 0. The van der Waals surface area contributed by atoms with Crippen molar-refractivity contribution in [2.24, 2.45) is 0 Å². The van der Waals surface area contributed by atoms with Crippen LogP contribution in [0.25, 0.3) is 0 Å². The molecule has 1 saturated heterocycles. The SMILES string of the molecule is CCC[C@H]1S[C@H]1CC. The van der Waals surface area contributed by atoms with Crippen LogP contribution in [0.1, 0.15) is 33.1 Å². The maximum atomic E-state index is 2.29. The molecular weight excluding hydrogens is 116 g/mol. The van der Waals surface area contributed by atoms with E-state index in [-0.39, 0.29) is 0 Å². The van der Waals surface area contributed by atoms with Crippen LogP contribution in [0.15, 0.2) is 0 Å². The summed E-state index contributed by atoms with van der Waals surface area (Å²) in [4.78, 5) is 0. The van der Waals surface area contributed by atoms with Crippen LogP contribution in [0.5, 0.6) is 0 Å². The van der Waals surface area contributed by atoms with E-state index in [1.807, 2.05) is 0 Å². The Morgan fingerprint density at radius 1 is 1.25 bits per heavy atom. The van der Waals surface area contributed by atoms with E-state index in [0.717, 1.165) is 10.5 Å². The first-order chi connectivity index (χ1) is 3.88. The first-order valence-corrected chi connectivity index (χ1v) is 4.48. The predicted octanol–water partition coefficient (Wildman–Crippen LogP) is 2.68. The molecule has 48 valence electrons. The maximum absolute atomic E-state index is 2.29. The summed E-state index contributed by atoms with van der Waals surface area (Å²) in [6.45, 7) is 4.55. The molecule has 1 heteroatoms. The first-order valence-electron chi connectivity index (χ1n) is 3.54. The molecule has 0 aromatic heterocycles. The zero-order valence-corrected chi connectivity index (χ0v) is 6.50. The molecule has 2 atom stereocenters. The van der Waals surface area contributed by atoms with E-state index in [1.165, 1.54) is 19.3 Å². The van der Waals surface area contributed by atoms with Crippen LogP contribution in [0.2, 0.25) is 0 Å². The summed E-state index contributed by atoms with van der Waals surface area (Å²) in [5.41, 5.74) is 0. The van der Waals surface area contributed by atoms with Gasteiger partial charge in [-0.1, -0.05) is 20.3 Å². The quantitative estimate of drug-likeness (QED) is 0.529. The van der Waals surface area contributed by atoms with E-state index in [0.29, 0.717) is 0 Å². The van der Waals surface area contributed by atoms with Crippen LogP contribution in [-0.2, 0) is 0 Å². The molecule has 0 spiro atoms. The molecule has 0 amide bonds. The predicted molar refractivity (Wildman–Crippen MR) is 40.4 cm³/mol. The lowest BCUT2D eigenvalue weighted by atomic mass is 10.2. The zero-order chi connectivity index (χ0) is 5.98. The van der Waals surface area contributed by atoms with Crippen LogP contribution in [0.4, 0.5) is 0 Å². The highest BCUT2D eigenvalue weighted by Crippen LogP contribution is 2.45. The van der Waals surface area contributed by atoms with Crippen molar-refractivity contribution in [3.05, 3.63) is 0 Å². The van der Waals surface area contributed by atoms with Gasteiger partial charge in [0.2, 0.25) is 0 Å². The second kappa shape index (κ2) is 2.77. The van der Waals surface area contributed by atoms with Gasteiger partial charge in [-0.3, -0.25) is 0 Å². The lowest BCUT2D eigenvalue weighted by Crippen LogP contribution is -1.89. The first kappa shape index (κ1) is 6.47. The van der Waals surface area contributed by atoms with Crippen LogP contribution in [0, 0.1) is 0 Å². The van der Waals surface area contributed by atoms with Gasteiger partial charge in [0.1, 0.15) is 0 Å². The summed E-state index contributed by atoms with van der Waals surface area (Å²) in [6.07, 6.45) is 4.20. The van der Waals surface area contributed by atoms with Gasteiger partial charge in [0.25, 0.3) is 0 Å². The maximum Gasteiger partial charge on any atom is 0.0169 e. The van der Waals surface area contributed by atoms with Gasteiger partial charge in [0, 0.05) is 10.5 Å². The third-order valence-corrected chi connectivity index (χ3v) is 3.27. The van der Waals surface area contributed by atoms with Crippen LogP contribution in [-0.4, -0.2) is 10.5 Å². The van der Waals surface area contributed by atoms with E-state index in [4.69, 9.17) is 0 Å². The van der Waals surface area contributed by atoms with Crippen molar-refractivity contribution in [2.75, 3.05) is 0 Å². The van der Waals surface area contributed by atoms with Crippen LogP contribution in [0.3, 0.4) is 0 Å². The van der Waals surface area contributed by atoms with Gasteiger partial charge in [0.05, 0.1) is 0 Å². The van der Waals surface area contributed by atoms with Gasteiger partial charge in [0.15, 0.2) is 0 Å².